The van der Waals surface area contributed by atoms with Crippen LogP contribution in [-0.2, 0) is 19.9 Å². The summed E-state index contributed by atoms with van der Waals surface area (Å²) < 4.78 is 81.0. The molecule has 0 fully saturated rings. The molecule has 0 bridgehead atoms. The summed E-state index contributed by atoms with van der Waals surface area (Å²) in [6.07, 6.45) is -4.89. The van der Waals surface area contributed by atoms with Gasteiger partial charge < -0.3 is 4.74 Å². The van der Waals surface area contributed by atoms with E-state index in [9.17, 15) is 21.6 Å². The Kier molecular flexibility index (Phi) is 7.65. The van der Waals surface area contributed by atoms with Crippen LogP contribution in [0.3, 0.4) is 0 Å². The van der Waals surface area contributed by atoms with Crippen molar-refractivity contribution in [1.82, 2.24) is 0 Å². The molecule has 0 saturated heterocycles. The zero-order valence-corrected chi connectivity index (χ0v) is 22.6. The summed E-state index contributed by atoms with van der Waals surface area (Å²) in [7, 11) is -8.00. The van der Waals surface area contributed by atoms with Crippen LogP contribution in [0.5, 0.6) is 5.75 Å². The summed E-state index contributed by atoms with van der Waals surface area (Å²) in [4.78, 5) is 0.542. The fourth-order valence-corrected chi connectivity index (χ4v) is 9.32. The number of hydrogen-bond acceptors (Lipinski definition) is 4. The van der Waals surface area contributed by atoms with Gasteiger partial charge >= 0.3 is 16.3 Å². The monoisotopic (exact) mass is 560 g/mol. The Bertz CT molecular complexity index is 1440. The molecule has 4 aromatic rings. The van der Waals surface area contributed by atoms with E-state index in [2.05, 4.69) is 0 Å². The van der Waals surface area contributed by atoms with E-state index >= 15 is 0 Å². The molecule has 4 nitrogen and oxygen atoms in total. The number of halogens is 3. The normalized spacial score (nSPS) is 13.2. The zero-order chi connectivity index (χ0) is 27.6. The molecule has 0 aliphatic rings. The van der Waals surface area contributed by atoms with Gasteiger partial charge in [-0.05, 0) is 91.7 Å². The number of benzene rings is 4. The first-order chi connectivity index (χ1) is 17.8. The largest absolute Gasteiger partial charge is 0.488 e. The van der Waals surface area contributed by atoms with Crippen LogP contribution < -0.4 is 4.74 Å². The van der Waals surface area contributed by atoms with Gasteiger partial charge in [0.2, 0.25) is 0 Å². The summed E-state index contributed by atoms with van der Waals surface area (Å²) in [6, 6.07) is 28.2. The average Bonchev–Trinajstić information content (AvgIpc) is 2.87. The first kappa shape index (κ1) is 27.8. The summed E-state index contributed by atoms with van der Waals surface area (Å²) in [5.74, 6) is 0.556. The van der Waals surface area contributed by atoms with E-state index in [0.29, 0.717) is 20.4 Å². The Balaban J connectivity index is 1.98. The van der Waals surface area contributed by atoms with Gasteiger partial charge in [0.25, 0.3) is 0 Å². The smallest absolute Gasteiger partial charge is 0.417 e. The van der Waals surface area contributed by atoms with Gasteiger partial charge in [-0.25, -0.2) is 3.63 Å². The summed E-state index contributed by atoms with van der Waals surface area (Å²) in [5, 5.41) is 0. The molecule has 0 aromatic heterocycles. The summed E-state index contributed by atoms with van der Waals surface area (Å²) in [6.45, 7) is 5.70. The van der Waals surface area contributed by atoms with E-state index in [0.717, 1.165) is 18.2 Å². The molecule has 0 atom stereocenters. The van der Waals surface area contributed by atoms with Crippen molar-refractivity contribution in [1.29, 1.82) is 0 Å². The van der Waals surface area contributed by atoms with Gasteiger partial charge in [-0.15, -0.1) is 0 Å². The Morgan fingerprint density at radius 2 is 1.05 bits per heavy atom. The van der Waals surface area contributed by atoms with E-state index < -0.39 is 42.7 Å². The van der Waals surface area contributed by atoms with Crippen LogP contribution in [0.1, 0.15) is 26.3 Å². The highest BCUT2D eigenvalue weighted by Gasteiger charge is 2.42. The van der Waals surface area contributed by atoms with E-state index in [1.165, 1.54) is 6.07 Å². The van der Waals surface area contributed by atoms with Crippen molar-refractivity contribution in [2.45, 2.75) is 52.1 Å². The number of rotatable bonds is 7. The molecular formula is C29H27F3O4S2. The molecule has 0 N–H and O–H groups in total. The van der Waals surface area contributed by atoms with Crippen LogP contribution in [-0.4, -0.2) is 14.0 Å². The molecule has 0 radical (unpaired) electrons. The second kappa shape index (κ2) is 10.5. The minimum atomic E-state index is -4.93. The second-order valence-corrected chi connectivity index (χ2v) is 13.8. The molecule has 4 aromatic carbocycles. The lowest BCUT2D eigenvalue weighted by Crippen LogP contribution is -2.23. The molecular weight excluding hydrogens is 533 g/mol. The van der Waals surface area contributed by atoms with Crippen LogP contribution in [0.25, 0.3) is 0 Å². The first-order valence-electron chi connectivity index (χ1n) is 11.7. The minimum absolute atomic E-state index is 0.467. The third-order valence-corrected chi connectivity index (χ3v) is 10.6. The maximum atomic E-state index is 13.8. The highest BCUT2D eigenvalue weighted by Crippen LogP contribution is 2.70. The van der Waals surface area contributed by atoms with Crippen molar-refractivity contribution in [3.8, 4) is 5.75 Å². The van der Waals surface area contributed by atoms with Gasteiger partial charge in [-0.2, -0.15) is 21.6 Å². The summed E-state index contributed by atoms with van der Waals surface area (Å²) >= 11 is 0. The van der Waals surface area contributed by atoms with Crippen molar-refractivity contribution in [3.63, 3.8) is 0 Å². The Morgan fingerprint density at radius 3 is 1.53 bits per heavy atom. The lowest BCUT2D eigenvalue weighted by molar-refractivity contribution is -0.139. The van der Waals surface area contributed by atoms with Crippen LogP contribution >= 0.6 is 10.3 Å². The predicted molar refractivity (Wildman–Crippen MR) is 142 cm³/mol. The van der Waals surface area contributed by atoms with Crippen LogP contribution in [0.4, 0.5) is 13.2 Å². The molecule has 0 spiro atoms. The predicted octanol–water partition coefficient (Wildman–Crippen LogP) is 8.48. The molecule has 0 amide bonds. The van der Waals surface area contributed by atoms with E-state index in [1.54, 1.807) is 84.9 Å². The van der Waals surface area contributed by atoms with Gasteiger partial charge in [0, 0.05) is 14.7 Å². The third kappa shape index (κ3) is 5.90. The van der Waals surface area contributed by atoms with Gasteiger partial charge in [0.05, 0.1) is 5.56 Å². The quantitative estimate of drug-likeness (QED) is 0.227. The van der Waals surface area contributed by atoms with E-state index in [4.69, 9.17) is 8.37 Å². The van der Waals surface area contributed by atoms with Gasteiger partial charge in [-0.3, -0.25) is 0 Å². The van der Waals surface area contributed by atoms with Crippen LogP contribution in [0.2, 0.25) is 0 Å². The van der Waals surface area contributed by atoms with Crippen molar-refractivity contribution in [3.05, 3.63) is 115 Å². The van der Waals surface area contributed by atoms with Crippen LogP contribution in [0, 0.1) is 0 Å². The van der Waals surface area contributed by atoms with Gasteiger partial charge in [-0.1, -0.05) is 48.5 Å². The molecule has 200 valence electrons. The maximum absolute atomic E-state index is 13.8. The third-order valence-electron chi connectivity index (χ3n) is 5.38. The molecule has 9 heteroatoms. The SMILES string of the molecule is CC(C)(C)Oc1ccc(S(OS(=O)(=O)c2ccccc2C(F)(F)F)(c2ccccc2)c2ccccc2)cc1. The van der Waals surface area contributed by atoms with E-state index in [1.807, 2.05) is 20.8 Å². The molecule has 38 heavy (non-hydrogen) atoms. The topological polar surface area (TPSA) is 52.6 Å². The Morgan fingerprint density at radius 1 is 0.605 bits per heavy atom. The zero-order valence-electron chi connectivity index (χ0n) is 21.0. The average molecular weight is 561 g/mol. The number of hydrogen-bond donors (Lipinski definition) is 0. The fraction of sp³-hybridized carbons (Fsp3) is 0.172. The summed E-state index contributed by atoms with van der Waals surface area (Å²) in [5.41, 5.74) is -1.76. The Labute approximate surface area is 222 Å². The van der Waals surface area contributed by atoms with Crippen molar-refractivity contribution in [2.75, 3.05) is 0 Å². The highest BCUT2D eigenvalue weighted by atomic mass is 32.3. The number of alkyl halides is 3. The van der Waals surface area contributed by atoms with Crippen molar-refractivity contribution >= 4 is 20.4 Å². The molecule has 0 heterocycles. The fourth-order valence-electron chi connectivity index (χ4n) is 3.89. The van der Waals surface area contributed by atoms with Crippen molar-refractivity contribution in [2.24, 2.45) is 0 Å². The molecule has 4 rings (SSSR count). The number of ether oxygens (including phenoxy) is 1. The molecule has 0 aliphatic heterocycles. The van der Waals surface area contributed by atoms with Crippen LogP contribution in [0.15, 0.2) is 129 Å². The maximum Gasteiger partial charge on any atom is 0.417 e. The molecule has 0 unspecified atom stereocenters. The molecule has 0 aliphatic carbocycles. The first-order valence-corrected chi connectivity index (χ1v) is 14.6. The highest BCUT2D eigenvalue weighted by molar-refractivity contribution is 8.33. The second-order valence-electron chi connectivity index (χ2n) is 9.38. The Hall–Kier alpha value is -3.27. The van der Waals surface area contributed by atoms with Gasteiger partial charge in [0.15, 0.2) is 0 Å². The standard InChI is InChI=1S/C29H27F3O4S2/c1-28(2,3)35-22-18-20-25(21-19-22)37(23-12-6-4-7-13-23,24-14-8-5-9-15-24)36-38(33,34)27-17-11-10-16-26(27)29(30,31)32/h4-21H,1-3H3. The van der Waals surface area contributed by atoms with E-state index in [-0.39, 0.29) is 0 Å². The lowest BCUT2D eigenvalue weighted by atomic mass is 10.2. The lowest BCUT2D eigenvalue weighted by Gasteiger charge is -2.39. The minimum Gasteiger partial charge on any atom is -0.488 e. The molecule has 0 saturated carbocycles. The van der Waals surface area contributed by atoms with Gasteiger partial charge in [0.1, 0.15) is 16.2 Å². The van der Waals surface area contributed by atoms with Crippen molar-refractivity contribution < 1.29 is 30.0 Å².